The zero-order valence-corrected chi connectivity index (χ0v) is 20.1. The van der Waals surface area contributed by atoms with E-state index in [9.17, 15) is 19.7 Å². The summed E-state index contributed by atoms with van der Waals surface area (Å²) in [6, 6.07) is 9.46. The van der Waals surface area contributed by atoms with Gasteiger partial charge in [-0.15, -0.1) is 0 Å². The molecule has 0 aromatic heterocycles. The van der Waals surface area contributed by atoms with Crippen LogP contribution in [0.2, 0.25) is 0 Å². The number of amides is 2. The van der Waals surface area contributed by atoms with Crippen molar-refractivity contribution in [3.63, 3.8) is 0 Å². The number of fused-ring (bicyclic) bond motifs is 15. The zero-order valence-electron chi connectivity index (χ0n) is 20.1. The zero-order chi connectivity index (χ0) is 25.8. The van der Waals surface area contributed by atoms with E-state index >= 15 is 0 Å². The first-order chi connectivity index (χ1) is 17.5. The second-order valence-corrected chi connectivity index (χ2v) is 8.06. The third-order valence-electron chi connectivity index (χ3n) is 5.35. The molecule has 4 rings (SSSR count). The molecule has 10 heteroatoms. The molecule has 4 bridgehead atoms. The summed E-state index contributed by atoms with van der Waals surface area (Å²) >= 11 is 0. The molecule has 10 nitrogen and oxygen atoms in total. The Labute approximate surface area is 209 Å². The maximum atomic E-state index is 12.2. The summed E-state index contributed by atoms with van der Waals surface area (Å²) in [5, 5.41) is 20.7. The molecule has 2 aromatic rings. The predicted octanol–water partition coefficient (Wildman–Crippen LogP) is 3.43. The van der Waals surface area contributed by atoms with Crippen molar-refractivity contribution in [3.8, 4) is 17.2 Å². The maximum Gasteiger partial charge on any atom is 0.312 e. The standard InChI is InChI=1S/C26H30N4O6/c1-35-23-10-6-20-8-12-25(31)28-15-3-2-13-27-14-4-16-29-26(32)11-7-19-5-9-22(36-24(23)18-20)21(17-19)30(33)34/h5-12,17-18,27H,2-4,13-16H2,1H3,(H,28,31)(H,29,32)/b11-7+,12-8+. The number of nitro benzene ring substituents is 1. The van der Waals surface area contributed by atoms with Gasteiger partial charge in [0.15, 0.2) is 11.5 Å². The second-order valence-electron chi connectivity index (χ2n) is 8.06. The normalized spacial score (nSPS) is 17.6. The number of carbonyl (C=O) groups is 2. The SMILES string of the molecule is COc1ccc2cc1Oc1ccc(cc1[N+](=O)[O-])/C=C/C(=O)NCCCNCCCCNC(=O)/C=C/2. The molecule has 0 aliphatic carbocycles. The summed E-state index contributed by atoms with van der Waals surface area (Å²) in [4.78, 5) is 35.4. The Kier molecular flexibility index (Phi) is 10.0. The molecule has 2 aromatic carbocycles. The van der Waals surface area contributed by atoms with Gasteiger partial charge in [0.25, 0.3) is 0 Å². The third-order valence-corrected chi connectivity index (χ3v) is 5.35. The first kappa shape index (κ1) is 26.4. The highest BCUT2D eigenvalue weighted by atomic mass is 16.6. The molecule has 2 amide bonds. The van der Waals surface area contributed by atoms with Crippen LogP contribution in [0.25, 0.3) is 12.2 Å². The first-order valence-electron chi connectivity index (χ1n) is 11.7. The van der Waals surface area contributed by atoms with Gasteiger partial charge in [-0.3, -0.25) is 19.7 Å². The number of nitrogens with zero attached hydrogens (tertiary/aromatic N) is 1. The van der Waals surface area contributed by atoms with Crippen molar-refractivity contribution in [1.29, 1.82) is 0 Å². The van der Waals surface area contributed by atoms with Crippen molar-refractivity contribution >= 4 is 29.7 Å². The molecule has 0 saturated carbocycles. The van der Waals surface area contributed by atoms with Crippen LogP contribution in [-0.2, 0) is 9.59 Å². The number of benzene rings is 2. The minimum absolute atomic E-state index is 0.0146. The van der Waals surface area contributed by atoms with Crippen molar-refractivity contribution < 1.29 is 24.0 Å². The van der Waals surface area contributed by atoms with Gasteiger partial charge in [-0.25, -0.2) is 0 Å². The number of methoxy groups -OCH3 is 1. The summed E-state index contributed by atoms with van der Waals surface area (Å²) in [6.45, 7) is 2.65. The fraction of sp³-hybridized carbons (Fsp3) is 0.308. The van der Waals surface area contributed by atoms with Crippen molar-refractivity contribution in [1.82, 2.24) is 16.0 Å². The van der Waals surface area contributed by atoms with E-state index < -0.39 is 4.92 Å². The van der Waals surface area contributed by atoms with Gasteiger partial charge in [0.05, 0.1) is 12.0 Å². The van der Waals surface area contributed by atoms with Gasteiger partial charge >= 0.3 is 5.69 Å². The Bertz CT molecular complexity index is 1150. The van der Waals surface area contributed by atoms with Crippen molar-refractivity contribution in [2.45, 2.75) is 19.3 Å². The molecular formula is C26H30N4O6. The molecule has 0 radical (unpaired) electrons. The Morgan fingerprint density at radius 1 is 0.806 bits per heavy atom. The van der Waals surface area contributed by atoms with Gasteiger partial charge in [-0.1, -0.05) is 12.1 Å². The van der Waals surface area contributed by atoms with Crippen LogP contribution in [0.3, 0.4) is 0 Å². The number of carbonyl (C=O) groups excluding carboxylic acids is 2. The molecule has 2 aliphatic heterocycles. The van der Waals surface area contributed by atoms with E-state index in [2.05, 4.69) is 16.0 Å². The lowest BCUT2D eigenvalue weighted by Gasteiger charge is -2.12. The molecule has 0 atom stereocenters. The Morgan fingerprint density at radius 3 is 2.11 bits per heavy atom. The molecule has 0 spiro atoms. The maximum absolute atomic E-state index is 12.2. The number of rotatable bonds is 2. The first-order valence-corrected chi connectivity index (χ1v) is 11.7. The van der Waals surface area contributed by atoms with Crippen LogP contribution in [0.15, 0.2) is 48.6 Å². The fourth-order valence-electron chi connectivity index (χ4n) is 3.46. The predicted molar refractivity (Wildman–Crippen MR) is 137 cm³/mol. The largest absolute Gasteiger partial charge is 0.493 e. The number of nitro groups is 1. The van der Waals surface area contributed by atoms with E-state index in [4.69, 9.17) is 9.47 Å². The van der Waals surface area contributed by atoms with E-state index in [0.29, 0.717) is 30.0 Å². The molecule has 2 heterocycles. The van der Waals surface area contributed by atoms with Gasteiger partial charge in [-0.05, 0) is 73.8 Å². The molecule has 3 N–H and O–H groups in total. The van der Waals surface area contributed by atoms with Crippen LogP contribution in [0.5, 0.6) is 17.2 Å². The van der Waals surface area contributed by atoms with Crippen molar-refractivity contribution in [3.05, 3.63) is 69.8 Å². The number of hydrogen-bond acceptors (Lipinski definition) is 7. The summed E-state index contributed by atoms with van der Waals surface area (Å²) in [6.07, 6.45) is 8.45. The van der Waals surface area contributed by atoms with Gasteiger partial charge < -0.3 is 25.4 Å². The highest BCUT2D eigenvalue weighted by molar-refractivity contribution is 5.92. The Morgan fingerprint density at radius 2 is 1.42 bits per heavy atom. The molecule has 0 saturated heterocycles. The van der Waals surface area contributed by atoms with E-state index in [-0.39, 0.29) is 29.0 Å². The summed E-state index contributed by atoms with van der Waals surface area (Å²) in [5.41, 5.74) is 0.878. The summed E-state index contributed by atoms with van der Waals surface area (Å²) in [7, 11) is 1.47. The van der Waals surface area contributed by atoms with Crippen molar-refractivity contribution in [2.75, 3.05) is 33.3 Å². The highest BCUT2D eigenvalue weighted by Crippen LogP contribution is 2.37. The average Bonchev–Trinajstić information content (AvgIpc) is 2.87. The topological polar surface area (TPSA) is 132 Å². The molecule has 36 heavy (non-hydrogen) atoms. The van der Waals surface area contributed by atoms with Crippen LogP contribution >= 0.6 is 0 Å². The van der Waals surface area contributed by atoms with E-state index in [1.165, 1.54) is 37.5 Å². The monoisotopic (exact) mass is 494 g/mol. The number of ether oxygens (including phenoxy) is 2. The van der Waals surface area contributed by atoms with Crippen LogP contribution < -0.4 is 25.4 Å². The van der Waals surface area contributed by atoms with Crippen LogP contribution in [-0.4, -0.2) is 50.0 Å². The lowest BCUT2D eigenvalue weighted by molar-refractivity contribution is -0.385. The number of nitrogens with one attached hydrogen (secondary N) is 3. The average molecular weight is 495 g/mol. The molecule has 2 aliphatic rings. The minimum atomic E-state index is -0.551. The lowest BCUT2D eigenvalue weighted by atomic mass is 10.1. The lowest BCUT2D eigenvalue weighted by Crippen LogP contribution is -2.27. The van der Waals surface area contributed by atoms with Crippen LogP contribution in [0.4, 0.5) is 5.69 Å². The van der Waals surface area contributed by atoms with Gasteiger partial charge in [0, 0.05) is 31.3 Å². The van der Waals surface area contributed by atoms with Crippen LogP contribution in [0.1, 0.15) is 30.4 Å². The number of hydrogen-bond donors (Lipinski definition) is 3. The smallest absolute Gasteiger partial charge is 0.312 e. The van der Waals surface area contributed by atoms with Gasteiger partial charge in [-0.2, -0.15) is 0 Å². The Hall–Kier alpha value is -4.18. The van der Waals surface area contributed by atoms with Gasteiger partial charge in [0.2, 0.25) is 17.6 Å². The van der Waals surface area contributed by atoms with Crippen LogP contribution in [0, 0.1) is 10.1 Å². The van der Waals surface area contributed by atoms with E-state index in [1.807, 2.05) is 0 Å². The quantitative estimate of drug-likeness (QED) is 0.430. The minimum Gasteiger partial charge on any atom is -0.493 e. The highest BCUT2D eigenvalue weighted by Gasteiger charge is 2.18. The second kappa shape index (κ2) is 13.6. The Balaban J connectivity index is 1.88. The molecule has 0 fully saturated rings. The van der Waals surface area contributed by atoms with E-state index in [1.54, 1.807) is 30.3 Å². The van der Waals surface area contributed by atoms with Gasteiger partial charge in [0.1, 0.15) is 0 Å². The molecular weight excluding hydrogens is 464 g/mol. The third kappa shape index (κ3) is 8.24. The molecule has 190 valence electrons. The fourth-order valence-corrected chi connectivity index (χ4v) is 3.46. The summed E-state index contributed by atoms with van der Waals surface area (Å²) in [5.74, 6) is 0.151. The van der Waals surface area contributed by atoms with E-state index in [0.717, 1.165) is 32.4 Å². The van der Waals surface area contributed by atoms with Crippen molar-refractivity contribution in [2.24, 2.45) is 0 Å². The summed E-state index contributed by atoms with van der Waals surface area (Å²) < 4.78 is 11.2. The molecule has 0 unspecified atom stereocenters.